The van der Waals surface area contributed by atoms with Crippen molar-refractivity contribution < 1.29 is 19.0 Å². The Balaban J connectivity index is 1.24. The van der Waals surface area contributed by atoms with Crippen LogP contribution in [-0.4, -0.2) is 74.6 Å². The topological polar surface area (TPSA) is 87.7 Å². The predicted octanol–water partition coefficient (Wildman–Crippen LogP) is 3.89. The highest BCUT2D eigenvalue weighted by atomic mass is 35.5. The van der Waals surface area contributed by atoms with Crippen LogP contribution in [-0.2, 0) is 15.0 Å². The van der Waals surface area contributed by atoms with Crippen molar-refractivity contribution in [1.29, 1.82) is 0 Å². The molecule has 204 valence electrons. The molecule has 10 heteroatoms. The highest BCUT2D eigenvalue weighted by molar-refractivity contribution is 6.31. The number of allylic oxidation sites excluding steroid dienone is 3. The van der Waals surface area contributed by atoms with Crippen molar-refractivity contribution in [3.8, 4) is 5.75 Å². The average Bonchev–Trinajstić information content (AvgIpc) is 3.32. The van der Waals surface area contributed by atoms with Gasteiger partial charge in [0.05, 0.1) is 36.6 Å². The fourth-order valence-corrected chi connectivity index (χ4v) is 5.88. The molecule has 2 N–H and O–H groups in total. The quantitative estimate of drug-likeness (QED) is 0.547. The molecule has 5 rings (SSSR count). The van der Waals surface area contributed by atoms with Crippen LogP contribution in [0.1, 0.15) is 32.3 Å². The van der Waals surface area contributed by atoms with E-state index in [0.29, 0.717) is 17.8 Å². The predicted molar refractivity (Wildman–Crippen MR) is 147 cm³/mol. The molecule has 3 atom stereocenters. The Morgan fingerprint density at radius 2 is 1.92 bits per heavy atom. The summed E-state index contributed by atoms with van der Waals surface area (Å²) >= 11 is 6.81. The summed E-state index contributed by atoms with van der Waals surface area (Å²) in [6.45, 7) is 7.43. The molecule has 4 aliphatic rings. The molecule has 38 heavy (non-hydrogen) atoms. The molecule has 3 heterocycles. The number of nitrogens with one attached hydrogen (secondary N) is 2. The Hall–Kier alpha value is -3.01. The van der Waals surface area contributed by atoms with Crippen molar-refractivity contribution in [3.63, 3.8) is 0 Å². The molecule has 3 unspecified atom stereocenters. The van der Waals surface area contributed by atoms with Crippen molar-refractivity contribution in [3.05, 3.63) is 64.5 Å². The van der Waals surface area contributed by atoms with Crippen LogP contribution >= 0.6 is 11.6 Å². The minimum atomic E-state index is -0.591. The van der Waals surface area contributed by atoms with Crippen molar-refractivity contribution in [1.82, 2.24) is 20.4 Å². The number of amidine groups is 1. The molecular weight excluding hydrogens is 506 g/mol. The number of fused-ring (bicyclic) bond motifs is 1. The van der Waals surface area contributed by atoms with Crippen LogP contribution in [0.3, 0.4) is 0 Å². The normalized spacial score (nSPS) is 25.8. The van der Waals surface area contributed by atoms with Crippen molar-refractivity contribution in [2.45, 2.75) is 44.4 Å². The summed E-state index contributed by atoms with van der Waals surface area (Å²) in [4.78, 5) is 21.1. The van der Waals surface area contributed by atoms with Gasteiger partial charge in [-0.1, -0.05) is 35.9 Å². The molecule has 0 radical (unpaired) electrons. The third-order valence-electron chi connectivity index (χ3n) is 7.64. The van der Waals surface area contributed by atoms with Crippen LogP contribution in [0.15, 0.2) is 63.9 Å². The molecule has 0 bridgehead atoms. The third-order valence-corrected chi connectivity index (χ3v) is 7.94. The number of likely N-dealkylation sites (N-methyl/N-ethyl adjacent to an activating group) is 1. The van der Waals surface area contributed by atoms with Gasteiger partial charge in [0.25, 0.3) is 6.02 Å². The second-order valence-corrected chi connectivity index (χ2v) is 10.9. The Bertz CT molecular complexity index is 1170. The zero-order valence-electron chi connectivity index (χ0n) is 22.4. The first-order valence-corrected chi connectivity index (χ1v) is 13.5. The monoisotopic (exact) mass is 541 g/mol. The summed E-state index contributed by atoms with van der Waals surface area (Å²) < 4.78 is 16.3. The number of aliphatic imine (C=N–C) groups is 1. The van der Waals surface area contributed by atoms with E-state index < -0.39 is 11.6 Å². The van der Waals surface area contributed by atoms with Gasteiger partial charge < -0.3 is 29.7 Å². The van der Waals surface area contributed by atoms with Gasteiger partial charge in [-0.2, -0.15) is 0 Å². The number of halogens is 1. The van der Waals surface area contributed by atoms with Gasteiger partial charge >= 0.3 is 6.09 Å². The maximum atomic E-state index is 11.7. The maximum Gasteiger partial charge on any atom is 0.407 e. The van der Waals surface area contributed by atoms with Gasteiger partial charge in [-0.15, -0.1) is 0 Å². The van der Waals surface area contributed by atoms with Gasteiger partial charge in [-0.05, 0) is 50.5 Å². The number of rotatable bonds is 5. The first-order valence-electron chi connectivity index (χ1n) is 13.1. The zero-order chi connectivity index (χ0) is 26.9. The molecule has 0 aromatic heterocycles. The standard InChI is InChI=1S/C28H36ClN5O4/c1-28(2,32-27(35)36-4)19-7-11-21(12-8-19)38-26-30-23-17-22(29)24(33(3)25(23)31-26)18-5-9-20(10-6-18)34-13-15-37-16-14-34/h5,7-9,11-12,17-18,20,25H,6,10,13-16H2,1-4H3,(H,30,31)(H,32,35). The largest absolute Gasteiger partial charge is 0.453 e. The number of hydrogen-bond acceptors (Lipinski definition) is 8. The summed E-state index contributed by atoms with van der Waals surface area (Å²) in [5.41, 5.74) is 2.31. The van der Waals surface area contributed by atoms with E-state index in [-0.39, 0.29) is 12.1 Å². The van der Waals surface area contributed by atoms with Crippen molar-refractivity contribution >= 4 is 23.7 Å². The Morgan fingerprint density at radius 3 is 2.58 bits per heavy atom. The lowest BCUT2D eigenvalue weighted by Crippen LogP contribution is -2.44. The van der Waals surface area contributed by atoms with Crippen LogP contribution < -0.4 is 15.4 Å². The minimum absolute atomic E-state index is 0.213. The van der Waals surface area contributed by atoms with Gasteiger partial charge in [0.2, 0.25) is 0 Å². The van der Waals surface area contributed by atoms with Crippen LogP contribution in [0.2, 0.25) is 0 Å². The van der Waals surface area contributed by atoms with E-state index in [9.17, 15) is 4.79 Å². The molecule has 1 aromatic rings. The first kappa shape index (κ1) is 26.6. The van der Waals surface area contributed by atoms with E-state index in [4.69, 9.17) is 30.8 Å². The Labute approximate surface area is 229 Å². The van der Waals surface area contributed by atoms with Crippen LogP contribution in [0.25, 0.3) is 0 Å². The fourth-order valence-electron chi connectivity index (χ4n) is 5.48. The highest BCUT2D eigenvalue weighted by Gasteiger charge is 2.37. The zero-order valence-corrected chi connectivity index (χ0v) is 23.1. The number of ether oxygens (including phenoxy) is 3. The van der Waals surface area contributed by atoms with Crippen molar-refractivity contribution in [2.75, 3.05) is 40.5 Å². The summed E-state index contributed by atoms with van der Waals surface area (Å²) in [5, 5.41) is 6.83. The summed E-state index contributed by atoms with van der Waals surface area (Å²) in [7, 11) is 3.39. The smallest absolute Gasteiger partial charge is 0.407 e. The second-order valence-electron chi connectivity index (χ2n) is 10.5. The number of carbonyl (C=O) groups is 1. The summed E-state index contributed by atoms with van der Waals surface area (Å²) in [6.07, 6.45) is 8.05. The summed E-state index contributed by atoms with van der Waals surface area (Å²) in [6, 6.07) is 8.42. The number of carbonyl (C=O) groups excluding carboxylic acids is 1. The molecule has 1 fully saturated rings. The van der Waals surface area contributed by atoms with E-state index >= 15 is 0 Å². The number of morpholine rings is 1. The first-order chi connectivity index (χ1) is 18.2. The number of methoxy groups -OCH3 is 1. The van der Waals surface area contributed by atoms with Crippen LogP contribution in [0, 0.1) is 5.92 Å². The van der Waals surface area contributed by atoms with Gasteiger partial charge in [0.15, 0.2) is 6.17 Å². The van der Waals surface area contributed by atoms with Gasteiger partial charge in [0.1, 0.15) is 5.75 Å². The van der Waals surface area contributed by atoms with E-state index in [1.165, 1.54) is 7.11 Å². The Morgan fingerprint density at radius 1 is 1.18 bits per heavy atom. The molecule has 0 saturated carbocycles. The van der Waals surface area contributed by atoms with E-state index in [0.717, 1.165) is 61.1 Å². The number of amides is 1. The number of hydrogen-bond donors (Lipinski definition) is 2. The number of benzene rings is 1. The van der Waals surface area contributed by atoms with E-state index in [1.807, 2.05) is 51.2 Å². The molecule has 3 aliphatic heterocycles. The highest BCUT2D eigenvalue weighted by Crippen LogP contribution is 2.38. The SMILES string of the molecule is COC(=O)NC(C)(C)c1ccc(OC2=NC3C(=CC(Cl)=C(C4C=CC(N5CCOCC5)CC4)N3C)N2)cc1. The lowest BCUT2D eigenvalue weighted by Gasteiger charge is -2.39. The second kappa shape index (κ2) is 11.0. The number of alkyl carbamates (subject to hydrolysis) is 1. The summed E-state index contributed by atoms with van der Waals surface area (Å²) in [5.74, 6) is 0.886. The van der Waals surface area contributed by atoms with E-state index in [2.05, 4.69) is 32.6 Å². The molecule has 0 spiro atoms. The molecule has 1 amide bonds. The third kappa shape index (κ3) is 5.55. The maximum absolute atomic E-state index is 11.7. The van der Waals surface area contributed by atoms with E-state index in [1.54, 1.807) is 0 Å². The van der Waals surface area contributed by atoms with Crippen molar-refractivity contribution in [2.24, 2.45) is 10.9 Å². The molecular formula is C28H36ClN5O4. The van der Waals surface area contributed by atoms with Gasteiger partial charge in [0, 0.05) is 37.8 Å². The van der Waals surface area contributed by atoms with Crippen LogP contribution in [0.4, 0.5) is 4.79 Å². The molecule has 1 saturated heterocycles. The minimum Gasteiger partial charge on any atom is -0.453 e. The molecule has 1 aromatic carbocycles. The molecule has 1 aliphatic carbocycles. The number of nitrogens with zero attached hydrogens (tertiary/aromatic N) is 3. The van der Waals surface area contributed by atoms with Gasteiger partial charge in [-0.25, -0.2) is 9.79 Å². The lowest BCUT2D eigenvalue weighted by atomic mass is 9.87. The van der Waals surface area contributed by atoms with Crippen LogP contribution in [0.5, 0.6) is 5.75 Å². The average molecular weight is 542 g/mol. The lowest BCUT2D eigenvalue weighted by molar-refractivity contribution is 0.0223. The Kier molecular flexibility index (Phi) is 7.70. The fraction of sp³-hybridized carbons (Fsp3) is 0.500. The van der Waals surface area contributed by atoms with Gasteiger partial charge in [-0.3, -0.25) is 4.90 Å². The molecule has 9 nitrogen and oxygen atoms in total.